The summed E-state index contributed by atoms with van der Waals surface area (Å²) in [5.74, 6) is 1.49. The van der Waals surface area contributed by atoms with Crippen LogP contribution in [0.3, 0.4) is 0 Å². The fourth-order valence-electron chi connectivity index (χ4n) is 2.16. The van der Waals surface area contributed by atoms with Crippen molar-refractivity contribution in [3.05, 3.63) is 53.3 Å². The minimum atomic E-state index is 0.114. The van der Waals surface area contributed by atoms with Crippen LogP contribution in [0.15, 0.2) is 36.4 Å². The number of rotatable bonds is 6. The average Bonchev–Trinajstić information content (AvgIpc) is 2.46. The molecule has 1 heterocycles. The van der Waals surface area contributed by atoms with E-state index in [-0.39, 0.29) is 5.78 Å². The lowest BCUT2D eigenvalue weighted by Crippen LogP contribution is -2.08. The first kappa shape index (κ1) is 15.0. The van der Waals surface area contributed by atoms with Crippen molar-refractivity contribution in [1.29, 1.82) is 0 Å². The molecule has 4 heteroatoms. The number of ketones is 1. The van der Waals surface area contributed by atoms with Crippen LogP contribution in [0.5, 0.6) is 11.5 Å². The number of carbonyl (C=O) groups is 1. The standard InChI is InChI=1S/C17H19NO3/c1-12-5-4-6-14(18-12)10-15(19)7-13-8-16(20-2)11-17(9-13)21-3/h4-6,8-9,11H,7,10H2,1-3H3. The summed E-state index contributed by atoms with van der Waals surface area (Å²) in [4.78, 5) is 16.5. The van der Waals surface area contributed by atoms with Crippen LogP contribution in [-0.4, -0.2) is 25.0 Å². The van der Waals surface area contributed by atoms with Gasteiger partial charge < -0.3 is 9.47 Å². The van der Waals surface area contributed by atoms with Crippen LogP contribution in [0, 0.1) is 6.92 Å². The Morgan fingerprint density at radius 2 is 1.71 bits per heavy atom. The number of methoxy groups -OCH3 is 2. The topological polar surface area (TPSA) is 48.4 Å². The van der Waals surface area contributed by atoms with Gasteiger partial charge in [-0.05, 0) is 36.8 Å². The van der Waals surface area contributed by atoms with E-state index in [1.807, 2.05) is 37.3 Å². The third kappa shape index (κ3) is 4.31. The first-order valence-electron chi connectivity index (χ1n) is 6.77. The number of aryl methyl sites for hydroxylation is 1. The zero-order valence-corrected chi connectivity index (χ0v) is 12.6. The van der Waals surface area contributed by atoms with E-state index in [1.165, 1.54) is 0 Å². The number of pyridine rings is 1. The number of hydrogen-bond donors (Lipinski definition) is 0. The normalized spacial score (nSPS) is 10.2. The number of ether oxygens (including phenoxy) is 2. The third-order valence-corrected chi connectivity index (χ3v) is 3.14. The lowest BCUT2D eigenvalue weighted by atomic mass is 10.0. The molecule has 4 nitrogen and oxygen atoms in total. The van der Waals surface area contributed by atoms with E-state index in [1.54, 1.807) is 20.3 Å². The summed E-state index contributed by atoms with van der Waals surface area (Å²) in [6, 6.07) is 11.2. The molecule has 0 aliphatic carbocycles. The predicted octanol–water partition coefficient (Wildman–Crippen LogP) is 2.76. The van der Waals surface area contributed by atoms with Crippen LogP contribution < -0.4 is 9.47 Å². The Morgan fingerprint density at radius 1 is 1.05 bits per heavy atom. The van der Waals surface area contributed by atoms with Crippen molar-refractivity contribution >= 4 is 5.78 Å². The fraction of sp³-hybridized carbons (Fsp3) is 0.294. The van der Waals surface area contributed by atoms with Gasteiger partial charge in [-0.25, -0.2) is 0 Å². The minimum absolute atomic E-state index is 0.114. The lowest BCUT2D eigenvalue weighted by Gasteiger charge is -2.08. The highest BCUT2D eigenvalue weighted by atomic mass is 16.5. The molecule has 0 aliphatic rings. The van der Waals surface area contributed by atoms with Gasteiger partial charge in [-0.3, -0.25) is 9.78 Å². The van der Waals surface area contributed by atoms with Gasteiger partial charge in [-0.2, -0.15) is 0 Å². The molecule has 1 aromatic carbocycles. The summed E-state index contributed by atoms with van der Waals surface area (Å²) < 4.78 is 10.4. The van der Waals surface area contributed by atoms with E-state index < -0.39 is 0 Å². The molecule has 0 N–H and O–H groups in total. The first-order chi connectivity index (χ1) is 10.1. The van der Waals surface area contributed by atoms with Gasteiger partial charge in [-0.15, -0.1) is 0 Å². The van der Waals surface area contributed by atoms with Crippen molar-refractivity contribution in [1.82, 2.24) is 4.98 Å². The molecule has 0 bridgehead atoms. The van der Waals surface area contributed by atoms with Gasteiger partial charge in [-0.1, -0.05) is 6.07 Å². The van der Waals surface area contributed by atoms with Gasteiger partial charge in [0.25, 0.3) is 0 Å². The Hall–Kier alpha value is -2.36. The van der Waals surface area contributed by atoms with Gasteiger partial charge in [0, 0.05) is 30.3 Å². The monoisotopic (exact) mass is 285 g/mol. The summed E-state index contributed by atoms with van der Waals surface area (Å²) in [6.07, 6.45) is 0.671. The van der Waals surface area contributed by atoms with Crippen molar-refractivity contribution < 1.29 is 14.3 Å². The van der Waals surface area contributed by atoms with Crippen LogP contribution in [0.2, 0.25) is 0 Å². The van der Waals surface area contributed by atoms with Crippen LogP contribution in [0.1, 0.15) is 17.0 Å². The largest absolute Gasteiger partial charge is 0.497 e. The molecule has 0 fully saturated rings. The van der Waals surface area contributed by atoms with Gasteiger partial charge in [0.15, 0.2) is 0 Å². The van der Waals surface area contributed by atoms with Crippen LogP contribution in [0.25, 0.3) is 0 Å². The van der Waals surface area contributed by atoms with E-state index >= 15 is 0 Å². The Balaban J connectivity index is 2.08. The Bertz CT molecular complexity index is 615. The van der Waals surface area contributed by atoms with Gasteiger partial charge in [0.05, 0.1) is 14.2 Å². The van der Waals surface area contributed by atoms with E-state index in [2.05, 4.69) is 4.98 Å². The molecule has 21 heavy (non-hydrogen) atoms. The molecule has 0 saturated heterocycles. The van der Waals surface area contributed by atoms with Crippen molar-refractivity contribution in [2.45, 2.75) is 19.8 Å². The molecule has 0 spiro atoms. The molecule has 2 rings (SSSR count). The molecular formula is C17H19NO3. The zero-order chi connectivity index (χ0) is 15.2. The summed E-state index contributed by atoms with van der Waals surface area (Å²) in [5.41, 5.74) is 2.60. The van der Waals surface area contributed by atoms with E-state index in [0.29, 0.717) is 24.3 Å². The molecule has 0 amide bonds. The second kappa shape index (κ2) is 6.88. The van der Waals surface area contributed by atoms with Gasteiger partial charge in [0.1, 0.15) is 17.3 Å². The SMILES string of the molecule is COc1cc(CC(=O)Cc2cccc(C)n2)cc(OC)c1. The molecule has 2 aromatic rings. The molecule has 110 valence electrons. The highest BCUT2D eigenvalue weighted by molar-refractivity contribution is 5.83. The Morgan fingerprint density at radius 3 is 2.29 bits per heavy atom. The zero-order valence-electron chi connectivity index (χ0n) is 12.6. The van der Waals surface area contributed by atoms with Crippen LogP contribution in [0.4, 0.5) is 0 Å². The molecule has 0 atom stereocenters. The first-order valence-corrected chi connectivity index (χ1v) is 6.77. The number of nitrogens with zero attached hydrogens (tertiary/aromatic N) is 1. The van der Waals surface area contributed by atoms with Crippen LogP contribution in [-0.2, 0) is 17.6 Å². The number of Topliss-reactive ketones (excluding diaryl/α,β-unsaturated/α-hetero) is 1. The highest BCUT2D eigenvalue weighted by Gasteiger charge is 2.09. The quantitative estimate of drug-likeness (QED) is 0.819. The van der Waals surface area contributed by atoms with Gasteiger partial charge >= 0.3 is 0 Å². The van der Waals surface area contributed by atoms with Crippen molar-refractivity contribution in [2.24, 2.45) is 0 Å². The average molecular weight is 285 g/mol. The summed E-state index contributed by atoms with van der Waals surface area (Å²) >= 11 is 0. The molecule has 0 unspecified atom stereocenters. The van der Waals surface area contributed by atoms with Crippen LogP contribution >= 0.6 is 0 Å². The van der Waals surface area contributed by atoms with Gasteiger partial charge in [0.2, 0.25) is 0 Å². The summed E-state index contributed by atoms with van der Waals surface area (Å²) in [5, 5.41) is 0. The summed E-state index contributed by atoms with van der Waals surface area (Å²) in [7, 11) is 3.19. The molecule has 1 aromatic heterocycles. The third-order valence-electron chi connectivity index (χ3n) is 3.14. The summed E-state index contributed by atoms with van der Waals surface area (Å²) in [6.45, 7) is 1.92. The minimum Gasteiger partial charge on any atom is -0.497 e. The number of carbonyl (C=O) groups excluding carboxylic acids is 1. The van der Waals surface area contributed by atoms with Crippen molar-refractivity contribution in [3.63, 3.8) is 0 Å². The van der Waals surface area contributed by atoms with E-state index in [4.69, 9.17) is 9.47 Å². The second-order valence-electron chi connectivity index (χ2n) is 4.88. The Labute approximate surface area is 124 Å². The molecular weight excluding hydrogens is 266 g/mol. The molecule has 0 radical (unpaired) electrons. The smallest absolute Gasteiger partial charge is 0.143 e. The number of hydrogen-bond acceptors (Lipinski definition) is 4. The second-order valence-corrected chi connectivity index (χ2v) is 4.88. The highest BCUT2D eigenvalue weighted by Crippen LogP contribution is 2.23. The van der Waals surface area contributed by atoms with Crippen molar-refractivity contribution in [2.75, 3.05) is 14.2 Å². The maximum absolute atomic E-state index is 12.2. The number of benzene rings is 1. The van der Waals surface area contributed by atoms with E-state index in [0.717, 1.165) is 17.0 Å². The van der Waals surface area contributed by atoms with E-state index in [9.17, 15) is 4.79 Å². The lowest BCUT2D eigenvalue weighted by molar-refractivity contribution is -0.117. The Kier molecular flexibility index (Phi) is 4.93. The molecule has 0 saturated carbocycles. The molecule has 0 aliphatic heterocycles. The maximum Gasteiger partial charge on any atom is 0.143 e. The maximum atomic E-state index is 12.2. The predicted molar refractivity (Wildman–Crippen MR) is 80.9 cm³/mol. The van der Waals surface area contributed by atoms with Crippen molar-refractivity contribution in [3.8, 4) is 11.5 Å². The number of aromatic nitrogens is 1. The fourth-order valence-corrected chi connectivity index (χ4v) is 2.16.